The van der Waals surface area contributed by atoms with Crippen LogP contribution in [0.4, 0.5) is 5.95 Å². The van der Waals surface area contributed by atoms with E-state index in [1.807, 2.05) is 12.1 Å². The molecule has 0 bridgehead atoms. The van der Waals surface area contributed by atoms with E-state index < -0.39 is 0 Å². The summed E-state index contributed by atoms with van der Waals surface area (Å²) in [6, 6.07) is 9.31. The van der Waals surface area contributed by atoms with Gasteiger partial charge in [-0.15, -0.1) is 0 Å². The van der Waals surface area contributed by atoms with E-state index in [1.165, 1.54) is 19.3 Å². The number of aromatic nitrogens is 2. The number of hydrogen-bond donors (Lipinski definition) is 0. The summed E-state index contributed by atoms with van der Waals surface area (Å²) in [5.74, 6) is 1.12. The van der Waals surface area contributed by atoms with Crippen molar-refractivity contribution in [1.29, 1.82) is 5.26 Å². The van der Waals surface area contributed by atoms with E-state index in [0.29, 0.717) is 17.4 Å². The Morgan fingerprint density at radius 2 is 2.05 bits per heavy atom. The molecular formula is C14H14N4O. The van der Waals surface area contributed by atoms with Crippen molar-refractivity contribution < 1.29 is 4.52 Å². The van der Waals surface area contributed by atoms with Gasteiger partial charge in [-0.2, -0.15) is 10.2 Å². The molecule has 96 valence electrons. The highest BCUT2D eigenvalue weighted by Gasteiger charge is 2.17. The maximum absolute atomic E-state index is 8.89. The Morgan fingerprint density at radius 1 is 1.21 bits per heavy atom. The van der Waals surface area contributed by atoms with Gasteiger partial charge in [0.15, 0.2) is 0 Å². The van der Waals surface area contributed by atoms with Crippen LogP contribution in [0.1, 0.15) is 24.8 Å². The predicted octanol–water partition coefficient (Wildman–Crippen LogP) is 2.60. The quantitative estimate of drug-likeness (QED) is 0.824. The zero-order valence-corrected chi connectivity index (χ0v) is 10.5. The van der Waals surface area contributed by atoms with Crippen molar-refractivity contribution in [3.05, 3.63) is 29.8 Å². The van der Waals surface area contributed by atoms with Gasteiger partial charge in [0.25, 0.3) is 11.8 Å². The smallest absolute Gasteiger partial charge is 0.266 e. The number of piperidine rings is 1. The van der Waals surface area contributed by atoms with Gasteiger partial charge in [0.2, 0.25) is 0 Å². The van der Waals surface area contributed by atoms with Crippen LogP contribution in [0.2, 0.25) is 0 Å². The lowest BCUT2D eigenvalue weighted by atomic mass is 10.1. The van der Waals surface area contributed by atoms with Crippen molar-refractivity contribution >= 4 is 5.95 Å². The summed E-state index contributed by atoms with van der Waals surface area (Å²) in [4.78, 5) is 6.56. The number of nitriles is 1. The average molecular weight is 254 g/mol. The summed E-state index contributed by atoms with van der Waals surface area (Å²) < 4.78 is 5.29. The molecule has 1 aliphatic heterocycles. The number of anilines is 1. The van der Waals surface area contributed by atoms with E-state index >= 15 is 0 Å². The maximum Gasteiger partial charge on any atom is 0.266 e. The maximum atomic E-state index is 8.89. The minimum absolute atomic E-state index is 0.470. The van der Waals surface area contributed by atoms with Crippen LogP contribution < -0.4 is 4.90 Å². The highest BCUT2D eigenvalue weighted by Crippen LogP contribution is 2.22. The molecule has 0 saturated carbocycles. The van der Waals surface area contributed by atoms with E-state index in [0.717, 1.165) is 18.7 Å². The molecule has 1 aromatic carbocycles. The molecule has 1 aliphatic rings. The highest BCUT2D eigenvalue weighted by molar-refractivity contribution is 5.57. The van der Waals surface area contributed by atoms with Gasteiger partial charge < -0.3 is 9.42 Å². The van der Waals surface area contributed by atoms with Crippen LogP contribution in [0.25, 0.3) is 11.5 Å². The van der Waals surface area contributed by atoms with Crippen LogP contribution in [0, 0.1) is 11.3 Å². The largest absolute Gasteiger partial charge is 0.338 e. The van der Waals surface area contributed by atoms with Crippen molar-refractivity contribution in [3.8, 4) is 17.5 Å². The summed E-state index contributed by atoms with van der Waals surface area (Å²) in [5, 5.41) is 12.9. The van der Waals surface area contributed by atoms with Gasteiger partial charge in [-0.3, -0.25) is 0 Å². The van der Waals surface area contributed by atoms with Crippen LogP contribution >= 0.6 is 0 Å². The first-order valence-electron chi connectivity index (χ1n) is 6.46. The first-order valence-corrected chi connectivity index (χ1v) is 6.46. The number of nitrogens with zero attached hydrogens (tertiary/aromatic N) is 4. The molecule has 19 heavy (non-hydrogen) atoms. The number of rotatable bonds is 2. The van der Waals surface area contributed by atoms with Crippen LogP contribution in [0.3, 0.4) is 0 Å². The highest BCUT2D eigenvalue weighted by atomic mass is 16.5. The third-order valence-corrected chi connectivity index (χ3v) is 3.29. The fourth-order valence-corrected chi connectivity index (χ4v) is 2.28. The van der Waals surface area contributed by atoms with Crippen molar-refractivity contribution in [2.45, 2.75) is 19.3 Å². The van der Waals surface area contributed by atoms with E-state index in [1.54, 1.807) is 12.1 Å². The summed E-state index contributed by atoms with van der Waals surface area (Å²) >= 11 is 0. The first kappa shape index (κ1) is 11.7. The van der Waals surface area contributed by atoms with Crippen LogP contribution in [0.5, 0.6) is 0 Å². The van der Waals surface area contributed by atoms with Gasteiger partial charge in [0.1, 0.15) is 0 Å². The fraction of sp³-hybridized carbons (Fsp3) is 0.357. The lowest BCUT2D eigenvalue weighted by Crippen LogP contribution is -2.30. The van der Waals surface area contributed by atoms with Gasteiger partial charge in [-0.05, 0) is 42.6 Å². The first-order chi connectivity index (χ1) is 9.36. The average Bonchev–Trinajstić information content (AvgIpc) is 2.98. The van der Waals surface area contributed by atoms with E-state index in [9.17, 15) is 0 Å². The summed E-state index contributed by atoms with van der Waals surface area (Å²) in [6.45, 7) is 1.97. The molecule has 2 heterocycles. The summed E-state index contributed by atoms with van der Waals surface area (Å²) in [7, 11) is 0. The lowest BCUT2D eigenvalue weighted by molar-refractivity contribution is 0.426. The Kier molecular flexibility index (Phi) is 3.15. The Labute approximate surface area is 111 Å². The molecule has 3 rings (SSSR count). The molecule has 1 aromatic heterocycles. The van der Waals surface area contributed by atoms with Gasteiger partial charge in [0.05, 0.1) is 11.6 Å². The predicted molar refractivity (Wildman–Crippen MR) is 70.5 cm³/mol. The molecule has 2 aromatic rings. The van der Waals surface area contributed by atoms with E-state index in [4.69, 9.17) is 9.78 Å². The zero-order valence-electron chi connectivity index (χ0n) is 10.5. The molecule has 0 spiro atoms. The molecule has 0 aliphatic carbocycles. The minimum Gasteiger partial charge on any atom is -0.338 e. The third-order valence-electron chi connectivity index (χ3n) is 3.29. The zero-order chi connectivity index (χ0) is 13.1. The third kappa shape index (κ3) is 2.43. The minimum atomic E-state index is 0.470. The van der Waals surface area contributed by atoms with Crippen molar-refractivity contribution in [2.75, 3.05) is 18.0 Å². The Bertz CT molecular complexity index is 608. The van der Waals surface area contributed by atoms with E-state index in [2.05, 4.69) is 21.1 Å². The molecular weight excluding hydrogens is 240 g/mol. The number of hydrogen-bond acceptors (Lipinski definition) is 5. The summed E-state index contributed by atoms with van der Waals surface area (Å²) in [5.41, 5.74) is 1.38. The monoisotopic (exact) mass is 254 g/mol. The SMILES string of the molecule is N#Cc1cccc(-c2nc(N3CCCCC3)no2)c1. The van der Waals surface area contributed by atoms with Crippen molar-refractivity contribution in [2.24, 2.45) is 0 Å². The second-order valence-corrected chi connectivity index (χ2v) is 4.64. The van der Waals surface area contributed by atoms with Crippen molar-refractivity contribution in [1.82, 2.24) is 10.1 Å². The second kappa shape index (κ2) is 5.11. The topological polar surface area (TPSA) is 66.0 Å². The standard InChI is InChI=1S/C14H14N4O/c15-10-11-5-4-6-12(9-11)13-16-14(17-19-13)18-7-2-1-3-8-18/h4-6,9H,1-3,7-8H2. The van der Waals surface area contributed by atoms with Gasteiger partial charge in [-0.25, -0.2) is 0 Å². The summed E-state index contributed by atoms with van der Waals surface area (Å²) in [6.07, 6.45) is 3.62. The Balaban J connectivity index is 1.86. The van der Waals surface area contributed by atoms with Crippen LogP contribution in [-0.2, 0) is 0 Å². The molecule has 1 fully saturated rings. The van der Waals surface area contributed by atoms with Crippen LogP contribution in [0.15, 0.2) is 28.8 Å². The molecule has 5 heteroatoms. The Morgan fingerprint density at radius 3 is 2.84 bits per heavy atom. The van der Waals surface area contributed by atoms with Gasteiger partial charge in [0, 0.05) is 18.7 Å². The molecule has 0 amide bonds. The molecule has 0 radical (unpaired) electrons. The molecule has 0 unspecified atom stereocenters. The number of benzene rings is 1. The molecule has 0 atom stereocenters. The molecule has 0 N–H and O–H groups in total. The normalized spacial score (nSPS) is 15.2. The molecule has 5 nitrogen and oxygen atoms in total. The van der Waals surface area contributed by atoms with Gasteiger partial charge in [-0.1, -0.05) is 6.07 Å². The van der Waals surface area contributed by atoms with E-state index in [-0.39, 0.29) is 0 Å². The molecule has 1 saturated heterocycles. The van der Waals surface area contributed by atoms with Crippen molar-refractivity contribution in [3.63, 3.8) is 0 Å². The lowest BCUT2D eigenvalue weighted by Gasteiger charge is -2.24. The fourth-order valence-electron chi connectivity index (χ4n) is 2.28. The van der Waals surface area contributed by atoms with Gasteiger partial charge >= 0.3 is 0 Å². The Hall–Kier alpha value is -2.35. The second-order valence-electron chi connectivity index (χ2n) is 4.64. The van der Waals surface area contributed by atoms with Crippen LogP contribution in [-0.4, -0.2) is 23.2 Å².